The summed E-state index contributed by atoms with van der Waals surface area (Å²) in [6.45, 7) is 0. The Kier molecular flexibility index (Phi) is 3.27. The van der Waals surface area contributed by atoms with Gasteiger partial charge in [-0.3, -0.25) is 9.59 Å². The minimum absolute atomic E-state index is 1.86. The van der Waals surface area contributed by atoms with Gasteiger partial charge in [0, 0.05) is 0 Å². The number of carbonyl (C=O) groups is 2. The first-order chi connectivity index (χ1) is 7.29. The van der Waals surface area contributed by atoms with Crippen LogP contribution in [0.25, 0.3) is 0 Å². The van der Waals surface area contributed by atoms with E-state index < -0.39 is 45.7 Å². The van der Waals surface area contributed by atoms with Gasteiger partial charge in [-0.1, -0.05) is 0 Å². The van der Waals surface area contributed by atoms with Crippen molar-refractivity contribution >= 4 is 22.6 Å². The van der Waals surface area contributed by atoms with E-state index in [0.29, 0.717) is 0 Å². The summed E-state index contributed by atoms with van der Waals surface area (Å²) < 4.78 is 63.3. The van der Waals surface area contributed by atoms with Gasteiger partial charge in [-0.2, -0.15) is 0 Å². The zero-order valence-electron chi connectivity index (χ0n) is 7.08. The van der Waals surface area contributed by atoms with Gasteiger partial charge in [0.1, 0.15) is 5.56 Å². The van der Waals surface area contributed by atoms with Crippen molar-refractivity contribution in [3.63, 3.8) is 0 Å². The average molecular weight is 259 g/mol. The van der Waals surface area contributed by atoms with E-state index in [0.717, 1.165) is 0 Å². The largest absolute Gasteiger partial charge is 0.293 e. The number of ketones is 1. The lowest BCUT2D eigenvalue weighted by Crippen LogP contribution is -2.16. The Morgan fingerprint density at radius 2 is 1.06 bits per heavy atom. The van der Waals surface area contributed by atoms with Crippen molar-refractivity contribution in [2.75, 3.05) is 0 Å². The van der Waals surface area contributed by atoms with E-state index in [1.54, 1.807) is 0 Å². The lowest BCUT2D eigenvalue weighted by atomic mass is 10.1. The first-order valence-corrected chi connectivity index (χ1v) is 3.92. The van der Waals surface area contributed by atoms with Gasteiger partial charge in [-0.15, -0.1) is 0 Å². The first kappa shape index (κ1) is 12.6. The molecule has 0 aromatic heterocycles. The normalized spacial score (nSPS) is 10.4. The van der Waals surface area contributed by atoms with Crippen molar-refractivity contribution in [2.45, 2.75) is 0 Å². The van der Waals surface area contributed by atoms with Crippen LogP contribution < -0.4 is 0 Å². The van der Waals surface area contributed by atoms with Crippen LogP contribution in [-0.2, 0) is 4.79 Å². The maximum absolute atomic E-state index is 12.9. The molecule has 0 aliphatic heterocycles. The third-order valence-corrected chi connectivity index (χ3v) is 1.79. The first-order valence-electron chi connectivity index (χ1n) is 3.54. The summed E-state index contributed by atoms with van der Waals surface area (Å²) in [7, 11) is 0. The predicted molar refractivity (Wildman–Crippen MR) is 41.4 cm³/mol. The number of halogens is 6. The van der Waals surface area contributed by atoms with Gasteiger partial charge in [0.15, 0.2) is 23.3 Å². The van der Waals surface area contributed by atoms with Crippen molar-refractivity contribution in [1.29, 1.82) is 0 Å². The van der Waals surface area contributed by atoms with Crippen LogP contribution in [0, 0.1) is 29.1 Å². The van der Waals surface area contributed by atoms with Gasteiger partial charge in [0.05, 0.1) is 0 Å². The zero-order chi connectivity index (χ0) is 12.6. The molecular formula is C8ClF5O2. The van der Waals surface area contributed by atoms with Crippen LogP contribution >= 0.6 is 11.6 Å². The highest BCUT2D eigenvalue weighted by Crippen LogP contribution is 2.23. The van der Waals surface area contributed by atoms with E-state index in [4.69, 9.17) is 0 Å². The Morgan fingerprint density at radius 3 is 1.38 bits per heavy atom. The minimum Gasteiger partial charge on any atom is -0.284 e. The van der Waals surface area contributed by atoms with Crippen molar-refractivity contribution in [3.8, 4) is 0 Å². The maximum atomic E-state index is 12.9. The molecular weight excluding hydrogens is 259 g/mol. The highest BCUT2D eigenvalue weighted by molar-refractivity contribution is 6.83. The fourth-order valence-electron chi connectivity index (χ4n) is 0.903. The molecule has 0 amide bonds. The maximum Gasteiger partial charge on any atom is 0.293 e. The van der Waals surface area contributed by atoms with Crippen LogP contribution in [0.5, 0.6) is 0 Å². The molecule has 0 spiro atoms. The fraction of sp³-hybridized carbons (Fsp3) is 0. The Balaban J connectivity index is 3.64. The molecule has 0 bridgehead atoms. The van der Waals surface area contributed by atoms with Gasteiger partial charge in [0.25, 0.3) is 11.0 Å². The van der Waals surface area contributed by atoms with Gasteiger partial charge >= 0.3 is 0 Å². The number of carbonyl (C=O) groups excluding carboxylic acids is 2. The molecule has 0 fully saturated rings. The number of benzene rings is 1. The summed E-state index contributed by atoms with van der Waals surface area (Å²) in [6.07, 6.45) is 0. The van der Waals surface area contributed by atoms with E-state index in [9.17, 15) is 31.5 Å². The highest BCUT2D eigenvalue weighted by atomic mass is 35.5. The lowest BCUT2D eigenvalue weighted by Gasteiger charge is -2.04. The molecule has 0 atom stereocenters. The molecule has 8 heteroatoms. The van der Waals surface area contributed by atoms with Gasteiger partial charge in [0.2, 0.25) is 5.82 Å². The standard InChI is InChI=1S/C8ClF5O2/c9-8(16)7(15)1-2(10)4(12)6(14)5(13)3(1)11. The molecule has 1 rings (SSSR count). The molecule has 0 saturated heterocycles. The molecule has 0 heterocycles. The van der Waals surface area contributed by atoms with Crippen LogP contribution in [0.3, 0.4) is 0 Å². The van der Waals surface area contributed by atoms with Crippen LogP contribution in [0.15, 0.2) is 0 Å². The van der Waals surface area contributed by atoms with E-state index in [-0.39, 0.29) is 0 Å². The number of rotatable bonds is 2. The third kappa shape index (κ3) is 1.78. The molecule has 16 heavy (non-hydrogen) atoms. The second-order valence-electron chi connectivity index (χ2n) is 2.55. The number of hydrogen-bond acceptors (Lipinski definition) is 2. The van der Waals surface area contributed by atoms with Crippen molar-refractivity contribution < 1.29 is 31.5 Å². The van der Waals surface area contributed by atoms with Crippen LogP contribution in [-0.4, -0.2) is 11.0 Å². The molecule has 0 N–H and O–H groups in total. The summed E-state index contributed by atoms with van der Waals surface area (Å²) in [5.74, 6) is -13.9. The number of Topliss-reactive ketones (excluding diaryl/α,β-unsaturated/α-hetero) is 1. The smallest absolute Gasteiger partial charge is 0.284 e. The van der Waals surface area contributed by atoms with E-state index in [1.807, 2.05) is 0 Å². The summed E-state index contributed by atoms with van der Waals surface area (Å²) in [5, 5.41) is -1.86. The van der Waals surface area contributed by atoms with E-state index in [2.05, 4.69) is 11.6 Å². The Hall–Kier alpha value is -1.50. The summed E-state index contributed by atoms with van der Waals surface area (Å²) in [4.78, 5) is 21.1. The Bertz CT molecular complexity index is 471. The monoisotopic (exact) mass is 258 g/mol. The molecule has 1 aromatic rings. The third-order valence-electron chi connectivity index (χ3n) is 1.62. The SMILES string of the molecule is O=C(Cl)C(=O)c1c(F)c(F)c(F)c(F)c1F. The van der Waals surface area contributed by atoms with Crippen molar-refractivity contribution in [1.82, 2.24) is 0 Å². The van der Waals surface area contributed by atoms with E-state index in [1.165, 1.54) is 0 Å². The highest BCUT2D eigenvalue weighted by Gasteiger charge is 2.31. The molecule has 0 aliphatic carbocycles. The molecule has 86 valence electrons. The molecule has 2 nitrogen and oxygen atoms in total. The number of hydrogen-bond donors (Lipinski definition) is 0. The predicted octanol–water partition coefficient (Wildman–Crippen LogP) is 2.33. The quantitative estimate of drug-likeness (QED) is 0.204. The second kappa shape index (κ2) is 4.17. The molecule has 1 aromatic carbocycles. The Morgan fingerprint density at radius 1 is 0.750 bits per heavy atom. The summed E-state index contributed by atoms with van der Waals surface area (Å²) >= 11 is 4.59. The van der Waals surface area contributed by atoms with Crippen molar-refractivity contribution in [2.24, 2.45) is 0 Å². The molecule has 0 unspecified atom stereocenters. The summed E-state index contributed by atoms with van der Waals surface area (Å²) in [5.41, 5.74) is -1.86. The van der Waals surface area contributed by atoms with Crippen LogP contribution in [0.4, 0.5) is 22.0 Å². The molecule has 0 saturated carbocycles. The van der Waals surface area contributed by atoms with Gasteiger partial charge < -0.3 is 0 Å². The van der Waals surface area contributed by atoms with Crippen molar-refractivity contribution in [3.05, 3.63) is 34.6 Å². The van der Waals surface area contributed by atoms with Crippen LogP contribution in [0.1, 0.15) is 10.4 Å². The average Bonchev–Trinajstić information content (AvgIpc) is 2.23. The topological polar surface area (TPSA) is 34.1 Å². The molecule has 0 aliphatic rings. The van der Waals surface area contributed by atoms with Gasteiger partial charge in [-0.25, -0.2) is 22.0 Å². The fourth-order valence-corrected chi connectivity index (χ4v) is 0.997. The second-order valence-corrected chi connectivity index (χ2v) is 2.89. The minimum atomic E-state index is -2.42. The van der Waals surface area contributed by atoms with Gasteiger partial charge in [-0.05, 0) is 11.6 Å². The Labute approximate surface area is 89.6 Å². The molecule has 0 radical (unpaired) electrons. The summed E-state index contributed by atoms with van der Waals surface area (Å²) in [6, 6.07) is 0. The zero-order valence-corrected chi connectivity index (χ0v) is 7.84. The lowest BCUT2D eigenvalue weighted by molar-refractivity contribution is -0.108. The van der Waals surface area contributed by atoms with E-state index >= 15 is 0 Å². The van der Waals surface area contributed by atoms with Crippen LogP contribution in [0.2, 0.25) is 0 Å².